The number of carbonyl (C=O) groups excluding carboxylic acids is 1. The van der Waals surface area contributed by atoms with E-state index >= 15 is 0 Å². The zero-order chi connectivity index (χ0) is 13.0. The standard InChI is InChI=1S/C15H28N2O/c1-12(13-7-5-3-4-6-8-13)17-14(18)15(2)9-10-16-11-15/h12-13,16H,3-11H2,1-2H3,(H,17,18)/t12-,15?/m0/s1. The molecule has 0 aromatic rings. The van der Waals surface area contributed by atoms with E-state index in [9.17, 15) is 4.79 Å². The van der Waals surface area contributed by atoms with Gasteiger partial charge in [-0.1, -0.05) is 25.7 Å². The molecule has 0 spiro atoms. The summed E-state index contributed by atoms with van der Waals surface area (Å²) in [6.45, 7) is 6.08. The van der Waals surface area contributed by atoms with Crippen molar-refractivity contribution in [2.24, 2.45) is 11.3 Å². The molecule has 3 heteroatoms. The molecule has 2 rings (SSSR count). The first kappa shape index (κ1) is 13.9. The van der Waals surface area contributed by atoms with Crippen molar-refractivity contribution in [3.8, 4) is 0 Å². The SMILES string of the molecule is C[C@H](NC(=O)C1(C)CCNC1)C1CCCCCC1. The highest BCUT2D eigenvalue weighted by Gasteiger charge is 2.37. The Labute approximate surface area is 111 Å². The van der Waals surface area contributed by atoms with E-state index in [1.54, 1.807) is 0 Å². The number of rotatable bonds is 3. The number of hydrogen-bond donors (Lipinski definition) is 2. The second kappa shape index (κ2) is 6.05. The van der Waals surface area contributed by atoms with E-state index in [4.69, 9.17) is 0 Å². The van der Waals surface area contributed by atoms with Gasteiger partial charge < -0.3 is 10.6 Å². The predicted molar refractivity (Wildman–Crippen MR) is 74.4 cm³/mol. The molecule has 1 heterocycles. The van der Waals surface area contributed by atoms with Crippen LogP contribution in [0.1, 0.15) is 58.8 Å². The zero-order valence-corrected chi connectivity index (χ0v) is 11.9. The molecule has 1 unspecified atom stereocenters. The summed E-state index contributed by atoms with van der Waals surface area (Å²) < 4.78 is 0. The summed E-state index contributed by atoms with van der Waals surface area (Å²) in [6.07, 6.45) is 8.97. The van der Waals surface area contributed by atoms with Crippen LogP contribution in [0.2, 0.25) is 0 Å². The monoisotopic (exact) mass is 252 g/mol. The maximum absolute atomic E-state index is 12.4. The minimum absolute atomic E-state index is 0.182. The lowest BCUT2D eigenvalue weighted by atomic mass is 9.87. The first-order chi connectivity index (χ1) is 8.62. The van der Waals surface area contributed by atoms with Gasteiger partial charge >= 0.3 is 0 Å². The number of hydrogen-bond acceptors (Lipinski definition) is 2. The summed E-state index contributed by atoms with van der Waals surface area (Å²) in [5, 5.41) is 6.58. The summed E-state index contributed by atoms with van der Waals surface area (Å²) in [4.78, 5) is 12.4. The highest BCUT2D eigenvalue weighted by molar-refractivity contribution is 5.83. The van der Waals surface area contributed by atoms with Crippen LogP contribution in [0.15, 0.2) is 0 Å². The van der Waals surface area contributed by atoms with Crippen molar-refractivity contribution in [2.75, 3.05) is 13.1 Å². The molecule has 104 valence electrons. The topological polar surface area (TPSA) is 41.1 Å². The van der Waals surface area contributed by atoms with E-state index in [-0.39, 0.29) is 11.3 Å². The molecule has 1 aliphatic heterocycles. The molecule has 1 saturated heterocycles. The highest BCUT2D eigenvalue weighted by Crippen LogP contribution is 2.28. The third-order valence-corrected chi connectivity index (χ3v) is 4.88. The van der Waals surface area contributed by atoms with Crippen molar-refractivity contribution in [3.05, 3.63) is 0 Å². The maximum Gasteiger partial charge on any atom is 0.227 e. The minimum atomic E-state index is -0.182. The fraction of sp³-hybridized carbons (Fsp3) is 0.933. The molecule has 1 amide bonds. The molecule has 1 saturated carbocycles. The average Bonchev–Trinajstić information content (AvgIpc) is 2.65. The number of carbonyl (C=O) groups is 1. The van der Waals surface area contributed by atoms with Gasteiger partial charge in [0.25, 0.3) is 0 Å². The zero-order valence-electron chi connectivity index (χ0n) is 11.9. The average molecular weight is 252 g/mol. The Kier molecular flexibility index (Phi) is 4.66. The van der Waals surface area contributed by atoms with Gasteiger partial charge in [-0.05, 0) is 45.6 Å². The molecule has 0 aromatic carbocycles. The number of amides is 1. The molecule has 0 aromatic heterocycles. The van der Waals surface area contributed by atoms with Crippen molar-refractivity contribution in [1.29, 1.82) is 0 Å². The van der Waals surface area contributed by atoms with E-state index in [1.807, 2.05) is 0 Å². The van der Waals surface area contributed by atoms with Crippen molar-refractivity contribution >= 4 is 5.91 Å². The third-order valence-electron chi connectivity index (χ3n) is 4.88. The van der Waals surface area contributed by atoms with E-state index in [2.05, 4.69) is 24.5 Å². The van der Waals surface area contributed by atoms with Crippen LogP contribution in [0.4, 0.5) is 0 Å². The van der Waals surface area contributed by atoms with Gasteiger partial charge in [0.1, 0.15) is 0 Å². The fourth-order valence-corrected chi connectivity index (χ4v) is 3.32. The van der Waals surface area contributed by atoms with Crippen molar-refractivity contribution in [2.45, 2.75) is 64.8 Å². The molecule has 2 N–H and O–H groups in total. The molecule has 0 bridgehead atoms. The Morgan fingerprint density at radius 1 is 1.28 bits per heavy atom. The van der Waals surface area contributed by atoms with E-state index in [0.717, 1.165) is 19.5 Å². The lowest BCUT2D eigenvalue weighted by Crippen LogP contribution is -2.46. The molecule has 2 aliphatic rings. The minimum Gasteiger partial charge on any atom is -0.353 e. The van der Waals surface area contributed by atoms with Gasteiger partial charge in [0.15, 0.2) is 0 Å². The van der Waals surface area contributed by atoms with Crippen LogP contribution >= 0.6 is 0 Å². The van der Waals surface area contributed by atoms with Gasteiger partial charge in [-0.3, -0.25) is 4.79 Å². The lowest BCUT2D eigenvalue weighted by Gasteiger charge is -2.28. The Bertz CT molecular complexity index is 276. The van der Waals surface area contributed by atoms with Crippen LogP contribution in [0.3, 0.4) is 0 Å². The first-order valence-electron chi connectivity index (χ1n) is 7.63. The smallest absolute Gasteiger partial charge is 0.227 e. The summed E-state index contributed by atoms with van der Waals surface area (Å²) >= 11 is 0. The van der Waals surface area contributed by atoms with Crippen LogP contribution in [-0.4, -0.2) is 25.0 Å². The van der Waals surface area contributed by atoms with Crippen molar-refractivity contribution in [3.63, 3.8) is 0 Å². The van der Waals surface area contributed by atoms with Crippen LogP contribution < -0.4 is 10.6 Å². The summed E-state index contributed by atoms with van der Waals surface area (Å²) in [5.74, 6) is 0.943. The summed E-state index contributed by atoms with van der Waals surface area (Å²) in [5.41, 5.74) is -0.182. The Balaban J connectivity index is 1.85. The molecule has 0 radical (unpaired) electrons. The van der Waals surface area contributed by atoms with Gasteiger partial charge in [0.05, 0.1) is 5.41 Å². The van der Waals surface area contributed by atoms with Crippen molar-refractivity contribution in [1.82, 2.24) is 10.6 Å². The van der Waals surface area contributed by atoms with E-state index in [1.165, 1.54) is 38.5 Å². The molecule has 18 heavy (non-hydrogen) atoms. The van der Waals surface area contributed by atoms with Gasteiger partial charge in [-0.25, -0.2) is 0 Å². The van der Waals surface area contributed by atoms with Crippen LogP contribution in [0, 0.1) is 11.3 Å². The number of nitrogens with one attached hydrogen (secondary N) is 2. The molecule has 1 aliphatic carbocycles. The predicted octanol–water partition coefficient (Wildman–Crippen LogP) is 2.46. The highest BCUT2D eigenvalue weighted by atomic mass is 16.2. The second-order valence-electron chi connectivity index (χ2n) is 6.50. The second-order valence-corrected chi connectivity index (χ2v) is 6.50. The van der Waals surface area contributed by atoms with E-state index < -0.39 is 0 Å². The van der Waals surface area contributed by atoms with Crippen LogP contribution in [0.5, 0.6) is 0 Å². The fourth-order valence-electron chi connectivity index (χ4n) is 3.32. The lowest BCUT2D eigenvalue weighted by molar-refractivity contribution is -0.130. The molecule has 3 nitrogen and oxygen atoms in total. The molecule has 2 fully saturated rings. The third kappa shape index (κ3) is 3.25. The molecular weight excluding hydrogens is 224 g/mol. The van der Waals surface area contributed by atoms with Crippen molar-refractivity contribution < 1.29 is 4.79 Å². The Morgan fingerprint density at radius 2 is 1.94 bits per heavy atom. The Hall–Kier alpha value is -0.570. The van der Waals surface area contributed by atoms with Gasteiger partial charge in [-0.15, -0.1) is 0 Å². The van der Waals surface area contributed by atoms with Gasteiger partial charge in [0, 0.05) is 12.6 Å². The van der Waals surface area contributed by atoms with Crippen LogP contribution in [-0.2, 0) is 4.79 Å². The summed E-state index contributed by atoms with van der Waals surface area (Å²) in [6, 6.07) is 0.341. The van der Waals surface area contributed by atoms with Crippen LogP contribution in [0.25, 0.3) is 0 Å². The maximum atomic E-state index is 12.4. The Morgan fingerprint density at radius 3 is 2.50 bits per heavy atom. The van der Waals surface area contributed by atoms with Gasteiger partial charge in [-0.2, -0.15) is 0 Å². The van der Waals surface area contributed by atoms with E-state index in [0.29, 0.717) is 12.0 Å². The quantitative estimate of drug-likeness (QED) is 0.758. The normalized spacial score (nSPS) is 31.9. The molecule has 2 atom stereocenters. The van der Waals surface area contributed by atoms with Gasteiger partial charge in [0.2, 0.25) is 5.91 Å². The molecular formula is C15H28N2O. The largest absolute Gasteiger partial charge is 0.353 e. The first-order valence-corrected chi connectivity index (χ1v) is 7.63. The summed E-state index contributed by atoms with van der Waals surface area (Å²) in [7, 11) is 0.